The number of benzene rings is 1. The van der Waals surface area contributed by atoms with Crippen molar-refractivity contribution in [1.29, 1.82) is 5.26 Å². The largest absolute Gasteiger partial charge is 0.365 e. The topological polar surface area (TPSA) is 109 Å². The van der Waals surface area contributed by atoms with Crippen LogP contribution in [0.4, 0.5) is 5.00 Å². The number of hydrogen-bond donors (Lipinski definition) is 2. The van der Waals surface area contributed by atoms with Crippen molar-refractivity contribution < 1.29 is 9.59 Å². The van der Waals surface area contributed by atoms with Gasteiger partial charge in [-0.25, -0.2) is 0 Å². The lowest BCUT2D eigenvalue weighted by Crippen LogP contribution is -2.18. The molecular weight excluding hydrogens is 324 g/mol. The lowest BCUT2D eigenvalue weighted by Gasteiger charge is -2.07. The molecule has 24 heavy (non-hydrogen) atoms. The highest BCUT2D eigenvalue weighted by Crippen LogP contribution is 2.28. The Hall–Kier alpha value is -3.24. The number of fused-ring (bicyclic) bond motifs is 1. The number of nitriles is 1. The molecule has 6 nitrogen and oxygen atoms in total. The van der Waals surface area contributed by atoms with Crippen LogP contribution in [0.2, 0.25) is 0 Å². The fourth-order valence-electron chi connectivity index (χ4n) is 2.46. The molecule has 0 bridgehead atoms. The molecule has 0 saturated carbocycles. The first kappa shape index (κ1) is 15.6. The van der Waals surface area contributed by atoms with Crippen LogP contribution in [0.3, 0.4) is 0 Å². The molecule has 0 spiro atoms. The zero-order valence-electron chi connectivity index (χ0n) is 12.4. The van der Waals surface area contributed by atoms with Crippen molar-refractivity contribution in [2.75, 3.05) is 5.32 Å². The van der Waals surface area contributed by atoms with Gasteiger partial charge in [-0.1, -0.05) is 18.2 Å². The number of aromatic nitrogens is 1. The van der Waals surface area contributed by atoms with E-state index < -0.39 is 5.91 Å². The molecule has 3 N–H and O–H groups in total. The number of primary amides is 1. The van der Waals surface area contributed by atoms with Crippen LogP contribution in [-0.2, 0) is 11.2 Å². The zero-order chi connectivity index (χ0) is 17.1. The molecule has 2 heterocycles. The van der Waals surface area contributed by atoms with Gasteiger partial charge >= 0.3 is 0 Å². The molecule has 2 amide bonds. The lowest BCUT2D eigenvalue weighted by molar-refractivity contribution is -0.115. The van der Waals surface area contributed by atoms with E-state index in [2.05, 4.69) is 10.3 Å². The second kappa shape index (κ2) is 6.48. The van der Waals surface area contributed by atoms with Crippen LogP contribution < -0.4 is 11.1 Å². The number of amides is 2. The molecular formula is C17H12N4O2S. The normalized spacial score (nSPS) is 10.3. The minimum absolute atomic E-state index is 0.0537. The molecule has 0 aliphatic heterocycles. The van der Waals surface area contributed by atoms with Crippen LogP contribution in [0, 0.1) is 11.3 Å². The summed E-state index contributed by atoms with van der Waals surface area (Å²) in [4.78, 5) is 27.9. The Morgan fingerprint density at radius 2 is 2.17 bits per heavy atom. The Morgan fingerprint density at radius 1 is 1.33 bits per heavy atom. The van der Waals surface area contributed by atoms with Crippen molar-refractivity contribution in [2.45, 2.75) is 6.42 Å². The Kier molecular flexibility index (Phi) is 4.22. The van der Waals surface area contributed by atoms with Crippen LogP contribution in [-0.4, -0.2) is 16.8 Å². The average Bonchev–Trinajstić information content (AvgIpc) is 2.98. The molecule has 0 atom stereocenters. The molecule has 0 aliphatic rings. The molecule has 0 aliphatic carbocycles. The number of rotatable bonds is 4. The van der Waals surface area contributed by atoms with E-state index in [4.69, 9.17) is 11.0 Å². The third kappa shape index (κ3) is 2.95. The highest BCUT2D eigenvalue weighted by molar-refractivity contribution is 7.15. The first-order valence-corrected chi connectivity index (χ1v) is 7.91. The molecule has 1 aromatic carbocycles. The van der Waals surface area contributed by atoms with E-state index in [9.17, 15) is 9.59 Å². The van der Waals surface area contributed by atoms with Gasteiger partial charge in [0.2, 0.25) is 5.91 Å². The Labute approximate surface area is 141 Å². The molecule has 0 unspecified atom stereocenters. The molecule has 0 saturated heterocycles. The van der Waals surface area contributed by atoms with E-state index in [1.165, 1.54) is 5.38 Å². The van der Waals surface area contributed by atoms with Crippen molar-refractivity contribution in [3.05, 3.63) is 58.7 Å². The van der Waals surface area contributed by atoms with Gasteiger partial charge in [-0.2, -0.15) is 5.26 Å². The monoisotopic (exact) mass is 336 g/mol. The highest BCUT2D eigenvalue weighted by Gasteiger charge is 2.18. The lowest BCUT2D eigenvalue weighted by atomic mass is 10.0. The van der Waals surface area contributed by atoms with Gasteiger partial charge in [0.15, 0.2) is 0 Å². The fourth-order valence-corrected chi connectivity index (χ4v) is 3.37. The summed E-state index contributed by atoms with van der Waals surface area (Å²) in [6.45, 7) is 0. The molecule has 2 aromatic heterocycles. The van der Waals surface area contributed by atoms with Crippen LogP contribution in [0.1, 0.15) is 21.5 Å². The number of pyridine rings is 1. The summed E-state index contributed by atoms with van der Waals surface area (Å²) in [6.07, 6.45) is 3.55. The minimum Gasteiger partial charge on any atom is -0.365 e. The summed E-state index contributed by atoms with van der Waals surface area (Å²) in [6, 6.07) is 9.40. The third-order valence-corrected chi connectivity index (χ3v) is 4.43. The summed E-state index contributed by atoms with van der Waals surface area (Å²) < 4.78 is 0. The van der Waals surface area contributed by atoms with E-state index in [0.29, 0.717) is 5.00 Å². The highest BCUT2D eigenvalue weighted by atomic mass is 32.1. The van der Waals surface area contributed by atoms with Crippen molar-refractivity contribution in [1.82, 2.24) is 4.98 Å². The standard InChI is InChI=1S/C17H12N4O2S/c18-7-12-9-24-17(15(12)16(19)23)21-14(22)6-10-2-1-3-11-8-20-5-4-13(10)11/h1-5,8-9H,6H2,(H2,19,23)(H,21,22). The first-order chi connectivity index (χ1) is 11.6. The summed E-state index contributed by atoms with van der Waals surface area (Å²) in [5.41, 5.74) is 6.37. The predicted molar refractivity (Wildman–Crippen MR) is 91.6 cm³/mol. The van der Waals surface area contributed by atoms with Crippen molar-refractivity contribution in [3.8, 4) is 6.07 Å². The number of nitrogens with one attached hydrogen (secondary N) is 1. The number of nitrogens with two attached hydrogens (primary N) is 1. The Balaban J connectivity index is 1.85. The summed E-state index contributed by atoms with van der Waals surface area (Å²) in [5.74, 6) is -1.02. The van der Waals surface area contributed by atoms with Gasteiger partial charge in [0.05, 0.1) is 17.5 Å². The van der Waals surface area contributed by atoms with Crippen molar-refractivity contribution in [2.24, 2.45) is 5.73 Å². The zero-order valence-corrected chi connectivity index (χ0v) is 13.3. The van der Waals surface area contributed by atoms with Gasteiger partial charge in [-0.15, -0.1) is 11.3 Å². The molecule has 0 radical (unpaired) electrons. The quantitative estimate of drug-likeness (QED) is 0.762. The SMILES string of the molecule is N#Cc1csc(NC(=O)Cc2cccc3cnccc23)c1C(N)=O. The summed E-state index contributed by atoms with van der Waals surface area (Å²) in [5, 5.41) is 15.4. The fraction of sp³-hybridized carbons (Fsp3) is 0.0588. The molecule has 7 heteroatoms. The average molecular weight is 336 g/mol. The van der Waals surface area contributed by atoms with Gasteiger partial charge in [0.1, 0.15) is 11.1 Å². The summed E-state index contributed by atoms with van der Waals surface area (Å²) >= 11 is 1.11. The number of nitrogens with zero attached hydrogens (tertiary/aromatic N) is 2. The van der Waals surface area contributed by atoms with E-state index >= 15 is 0 Å². The number of carbonyl (C=O) groups is 2. The van der Waals surface area contributed by atoms with Crippen LogP contribution in [0.25, 0.3) is 10.8 Å². The molecule has 3 rings (SSSR count). The molecule has 3 aromatic rings. The van der Waals surface area contributed by atoms with Crippen LogP contribution in [0.15, 0.2) is 42.0 Å². The number of hydrogen-bond acceptors (Lipinski definition) is 5. The molecule has 0 fully saturated rings. The molecule has 118 valence electrons. The van der Waals surface area contributed by atoms with E-state index in [1.807, 2.05) is 30.3 Å². The maximum absolute atomic E-state index is 12.3. The van der Waals surface area contributed by atoms with Gasteiger partial charge < -0.3 is 11.1 Å². The van der Waals surface area contributed by atoms with Gasteiger partial charge in [-0.3, -0.25) is 14.6 Å². The Bertz CT molecular complexity index is 982. The number of anilines is 1. The van der Waals surface area contributed by atoms with Crippen molar-refractivity contribution in [3.63, 3.8) is 0 Å². The smallest absolute Gasteiger partial charge is 0.253 e. The second-order valence-corrected chi connectivity index (χ2v) is 5.95. The van der Waals surface area contributed by atoms with E-state index in [0.717, 1.165) is 27.7 Å². The summed E-state index contributed by atoms with van der Waals surface area (Å²) in [7, 11) is 0. The maximum Gasteiger partial charge on any atom is 0.253 e. The van der Waals surface area contributed by atoms with Gasteiger partial charge in [-0.05, 0) is 17.0 Å². The van der Waals surface area contributed by atoms with E-state index in [-0.39, 0.29) is 23.5 Å². The van der Waals surface area contributed by atoms with Gasteiger partial charge in [0, 0.05) is 23.2 Å². The Morgan fingerprint density at radius 3 is 2.92 bits per heavy atom. The van der Waals surface area contributed by atoms with Gasteiger partial charge in [0.25, 0.3) is 5.91 Å². The number of thiophene rings is 1. The third-order valence-electron chi connectivity index (χ3n) is 3.53. The van der Waals surface area contributed by atoms with Crippen molar-refractivity contribution >= 4 is 38.9 Å². The second-order valence-electron chi connectivity index (χ2n) is 5.07. The minimum atomic E-state index is -0.737. The van der Waals surface area contributed by atoms with Crippen LogP contribution in [0.5, 0.6) is 0 Å². The predicted octanol–water partition coefficient (Wildman–Crippen LogP) is 2.45. The first-order valence-electron chi connectivity index (χ1n) is 7.03. The maximum atomic E-state index is 12.3. The van der Waals surface area contributed by atoms with Crippen LogP contribution >= 0.6 is 11.3 Å². The number of carbonyl (C=O) groups excluding carboxylic acids is 2. The van der Waals surface area contributed by atoms with E-state index in [1.54, 1.807) is 12.4 Å².